The Bertz CT molecular complexity index is 268. The van der Waals surface area contributed by atoms with Gasteiger partial charge < -0.3 is 4.42 Å². The summed E-state index contributed by atoms with van der Waals surface area (Å²) in [7, 11) is 0. The van der Waals surface area contributed by atoms with E-state index in [-0.39, 0.29) is 5.38 Å². The van der Waals surface area contributed by atoms with Crippen molar-refractivity contribution in [2.75, 3.05) is 0 Å². The van der Waals surface area contributed by atoms with E-state index >= 15 is 0 Å². The van der Waals surface area contributed by atoms with Gasteiger partial charge in [-0.2, -0.15) is 0 Å². The van der Waals surface area contributed by atoms with Crippen molar-refractivity contribution in [3.05, 3.63) is 17.8 Å². The predicted octanol–water partition coefficient (Wildman–Crippen LogP) is 3.73. The van der Waals surface area contributed by atoms with E-state index in [2.05, 4.69) is 32.7 Å². The SMILES string of the molecule is CC(C)c1coc(C(Cl)C(C)C)n1. The maximum atomic E-state index is 6.10. The Hall–Kier alpha value is -0.500. The Morgan fingerprint density at radius 1 is 1.31 bits per heavy atom. The molecule has 0 N–H and O–H groups in total. The van der Waals surface area contributed by atoms with E-state index in [1.165, 1.54) is 0 Å². The number of halogens is 1. The summed E-state index contributed by atoms with van der Waals surface area (Å²) in [6, 6.07) is 0. The first kappa shape index (κ1) is 10.6. The second-order valence-corrected chi connectivity index (χ2v) is 4.38. The predicted molar refractivity (Wildman–Crippen MR) is 54.0 cm³/mol. The highest BCUT2D eigenvalue weighted by Crippen LogP contribution is 2.28. The number of hydrogen-bond donors (Lipinski definition) is 0. The van der Waals surface area contributed by atoms with Gasteiger partial charge in [0.05, 0.1) is 5.69 Å². The monoisotopic (exact) mass is 201 g/mol. The number of aromatic nitrogens is 1. The zero-order chi connectivity index (χ0) is 10.0. The lowest BCUT2D eigenvalue weighted by Crippen LogP contribution is -2.00. The Morgan fingerprint density at radius 3 is 2.31 bits per heavy atom. The lowest BCUT2D eigenvalue weighted by Gasteiger charge is -2.07. The normalized spacial score (nSPS) is 14.1. The highest BCUT2D eigenvalue weighted by Gasteiger charge is 2.18. The molecular formula is C10H16ClNO. The van der Waals surface area contributed by atoms with E-state index in [9.17, 15) is 0 Å². The van der Waals surface area contributed by atoms with Gasteiger partial charge in [0, 0.05) is 0 Å². The maximum absolute atomic E-state index is 6.10. The molecule has 0 amide bonds. The Labute approximate surface area is 84.3 Å². The van der Waals surface area contributed by atoms with Crippen LogP contribution >= 0.6 is 11.6 Å². The quantitative estimate of drug-likeness (QED) is 0.697. The van der Waals surface area contributed by atoms with Crippen LogP contribution in [0.2, 0.25) is 0 Å². The Balaban J connectivity index is 2.79. The molecule has 0 aliphatic rings. The first-order chi connectivity index (χ1) is 6.02. The van der Waals surface area contributed by atoms with E-state index in [0.717, 1.165) is 5.69 Å². The molecule has 1 aromatic heterocycles. The van der Waals surface area contributed by atoms with Crippen molar-refractivity contribution in [2.45, 2.75) is 39.0 Å². The minimum Gasteiger partial charge on any atom is -0.447 e. The molecule has 1 atom stereocenters. The van der Waals surface area contributed by atoms with Crippen molar-refractivity contribution in [1.29, 1.82) is 0 Å². The fraction of sp³-hybridized carbons (Fsp3) is 0.700. The molecule has 0 aliphatic carbocycles. The number of hydrogen-bond acceptors (Lipinski definition) is 2. The van der Waals surface area contributed by atoms with Gasteiger partial charge >= 0.3 is 0 Å². The molecule has 0 bridgehead atoms. The number of alkyl halides is 1. The summed E-state index contributed by atoms with van der Waals surface area (Å²) in [4.78, 5) is 4.33. The van der Waals surface area contributed by atoms with Crippen molar-refractivity contribution < 1.29 is 4.42 Å². The summed E-state index contributed by atoms with van der Waals surface area (Å²) in [5.74, 6) is 1.38. The van der Waals surface area contributed by atoms with Crippen LogP contribution in [0.1, 0.15) is 50.6 Å². The first-order valence-corrected chi connectivity index (χ1v) is 5.05. The van der Waals surface area contributed by atoms with Gasteiger partial charge in [0.15, 0.2) is 0 Å². The molecule has 0 aliphatic heterocycles. The molecule has 1 heterocycles. The van der Waals surface area contributed by atoms with Crippen molar-refractivity contribution in [3.63, 3.8) is 0 Å². The lowest BCUT2D eigenvalue weighted by molar-refractivity contribution is 0.446. The van der Waals surface area contributed by atoms with Gasteiger partial charge in [-0.05, 0) is 11.8 Å². The number of oxazole rings is 1. The zero-order valence-electron chi connectivity index (χ0n) is 8.54. The zero-order valence-corrected chi connectivity index (χ0v) is 9.30. The van der Waals surface area contributed by atoms with Gasteiger partial charge in [-0.1, -0.05) is 27.7 Å². The molecule has 13 heavy (non-hydrogen) atoms. The number of nitrogens with zero attached hydrogens (tertiary/aromatic N) is 1. The molecule has 0 saturated heterocycles. The third kappa shape index (κ3) is 2.47. The first-order valence-electron chi connectivity index (χ1n) is 4.61. The average molecular weight is 202 g/mol. The number of rotatable bonds is 3. The largest absolute Gasteiger partial charge is 0.447 e. The molecule has 0 saturated carbocycles. The molecule has 1 rings (SSSR count). The van der Waals surface area contributed by atoms with Crippen molar-refractivity contribution in [2.24, 2.45) is 5.92 Å². The minimum absolute atomic E-state index is 0.118. The summed E-state index contributed by atoms with van der Waals surface area (Å²) in [6.45, 7) is 8.27. The third-order valence-electron chi connectivity index (χ3n) is 1.95. The molecule has 74 valence electrons. The second kappa shape index (κ2) is 4.14. The van der Waals surface area contributed by atoms with Crippen LogP contribution in [0.3, 0.4) is 0 Å². The van der Waals surface area contributed by atoms with Crippen LogP contribution in [0.15, 0.2) is 10.7 Å². The molecule has 1 aromatic rings. The van der Waals surface area contributed by atoms with E-state index in [1.54, 1.807) is 6.26 Å². The van der Waals surface area contributed by atoms with E-state index < -0.39 is 0 Å². The molecule has 0 spiro atoms. The van der Waals surface area contributed by atoms with Gasteiger partial charge in [0.1, 0.15) is 11.6 Å². The molecule has 1 unspecified atom stereocenters. The van der Waals surface area contributed by atoms with Crippen LogP contribution in [0.4, 0.5) is 0 Å². The van der Waals surface area contributed by atoms with Crippen LogP contribution in [-0.2, 0) is 0 Å². The Morgan fingerprint density at radius 2 is 1.92 bits per heavy atom. The molecule has 0 aromatic carbocycles. The average Bonchev–Trinajstić information content (AvgIpc) is 2.50. The Kier molecular flexibility index (Phi) is 3.37. The van der Waals surface area contributed by atoms with Crippen LogP contribution < -0.4 is 0 Å². The molecular weight excluding hydrogens is 186 g/mol. The van der Waals surface area contributed by atoms with Gasteiger partial charge in [0.2, 0.25) is 5.89 Å². The van der Waals surface area contributed by atoms with Crippen molar-refractivity contribution in [1.82, 2.24) is 4.98 Å². The summed E-state index contributed by atoms with van der Waals surface area (Å²) < 4.78 is 5.31. The van der Waals surface area contributed by atoms with E-state index in [0.29, 0.717) is 17.7 Å². The van der Waals surface area contributed by atoms with E-state index in [1.807, 2.05) is 0 Å². The van der Waals surface area contributed by atoms with Gasteiger partial charge in [0.25, 0.3) is 0 Å². The fourth-order valence-electron chi connectivity index (χ4n) is 0.978. The summed E-state index contributed by atoms with van der Waals surface area (Å²) in [5, 5.41) is -0.118. The maximum Gasteiger partial charge on any atom is 0.212 e. The fourth-order valence-corrected chi connectivity index (χ4v) is 1.08. The van der Waals surface area contributed by atoms with Gasteiger partial charge in [-0.15, -0.1) is 11.6 Å². The standard InChI is InChI=1S/C10H16ClNO/c1-6(2)8-5-13-10(12-8)9(11)7(3)4/h5-7,9H,1-4H3. The minimum atomic E-state index is -0.118. The summed E-state index contributed by atoms with van der Waals surface area (Å²) in [6.07, 6.45) is 1.69. The lowest BCUT2D eigenvalue weighted by atomic mass is 10.1. The highest BCUT2D eigenvalue weighted by molar-refractivity contribution is 6.20. The second-order valence-electron chi connectivity index (χ2n) is 3.91. The molecule has 3 heteroatoms. The van der Waals surface area contributed by atoms with E-state index in [4.69, 9.17) is 16.0 Å². The molecule has 0 fully saturated rings. The van der Waals surface area contributed by atoms with Crippen LogP contribution in [0.25, 0.3) is 0 Å². The molecule has 2 nitrogen and oxygen atoms in total. The summed E-state index contributed by atoms with van der Waals surface area (Å²) in [5.41, 5.74) is 0.973. The van der Waals surface area contributed by atoms with Crippen LogP contribution in [0, 0.1) is 5.92 Å². The van der Waals surface area contributed by atoms with Gasteiger partial charge in [-0.3, -0.25) is 0 Å². The third-order valence-corrected chi connectivity index (χ3v) is 2.64. The highest BCUT2D eigenvalue weighted by atomic mass is 35.5. The van der Waals surface area contributed by atoms with Crippen LogP contribution in [-0.4, -0.2) is 4.98 Å². The van der Waals surface area contributed by atoms with Crippen molar-refractivity contribution >= 4 is 11.6 Å². The van der Waals surface area contributed by atoms with Crippen LogP contribution in [0.5, 0.6) is 0 Å². The smallest absolute Gasteiger partial charge is 0.212 e. The van der Waals surface area contributed by atoms with Crippen molar-refractivity contribution in [3.8, 4) is 0 Å². The topological polar surface area (TPSA) is 26.0 Å². The van der Waals surface area contributed by atoms with Gasteiger partial charge in [-0.25, -0.2) is 4.98 Å². The molecule has 0 radical (unpaired) electrons. The summed E-state index contributed by atoms with van der Waals surface area (Å²) >= 11 is 6.10.